The lowest BCUT2D eigenvalue weighted by Gasteiger charge is -2.33. The van der Waals surface area contributed by atoms with Gasteiger partial charge < -0.3 is 9.57 Å². The van der Waals surface area contributed by atoms with Gasteiger partial charge in [-0.15, -0.1) is 0 Å². The molecule has 4 rings (SSSR count). The van der Waals surface area contributed by atoms with Gasteiger partial charge in [-0.25, -0.2) is 4.79 Å². The first-order valence-electron chi connectivity index (χ1n) is 11.6. The van der Waals surface area contributed by atoms with Crippen LogP contribution in [0.15, 0.2) is 47.6 Å². The molecule has 1 saturated carbocycles. The third kappa shape index (κ3) is 5.53. The van der Waals surface area contributed by atoms with Crippen LogP contribution in [0.3, 0.4) is 0 Å². The molecular weight excluding hydrogens is 612 g/mol. The number of oxime groups is 1. The summed E-state index contributed by atoms with van der Waals surface area (Å²) in [6, 6.07) is 10.3. The van der Waals surface area contributed by atoms with Crippen LogP contribution in [0, 0.1) is 5.41 Å². The van der Waals surface area contributed by atoms with Crippen molar-refractivity contribution in [1.29, 1.82) is 0 Å². The maximum Gasteiger partial charge on any atom is 0.436 e. The Bertz CT molecular complexity index is 1290. The minimum absolute atomic E-state index is 0.00243. The average molecular weight is 636 g/mol. The number of hydrogen-bond acceptors (Lipinski definition) is 5. The van der Waals surface area contributed by atoms with Crippen molar-refractivity contribution < 1.29 is 32.3 Å². The molecule has 1 aliphatic carbocycles. The van der Waals surface area contributed by atoms with E-state index in [1.165, 1.54) is 6.07 Å². The molecule has 0 spiro atoms. The zero-order chi connectivity index (χ0) is 28.1. The Labute approximate surface area is 236 Å². The van der Waals surface area contributed by atoms with Gasteiger partial charge in [0.15, 0.2) is 0 Å². The quantitative estimate of drug-likeness (QED) is 0.349. The van der Waals surface area contributed by atoms with Gasteiger partial charge in [0, 0.05) is 21.2 Å². The summed E-state index contributed by atoms with van der Waals surface area (Å²) in [5.41, 5.74) is -3.92. The summed E-state index contributed by atoms with van der Waals surface area (Å²) in [4.78, 5) is 28.8. The molecule has 2 amide bonds. The van der Waals surface area contributed by atoms with Crippen molar-refractivity contribution in [2.45, 2.75) is 62.2 Å². The Morgan fingerprint density at radius 1 is 1.13 bits per heavy atom. The van der Waals surface area contributed by atoms with Crippen LogP contribution in [0.4, 0.5) is 18.0 Å². The number of carbonyl (C=O) groups excluding carboxylic acids is 2. The van der Waals surface area contributed by atoms with Crippen LogP contribution in [0.25, 0.3) is 0 Å². The number of ether oxygens (including phenoxy) is 1. The van der Waals surface area contributed by atoms with Crippen LogP contribution in [0.5, 0.6) is 0 Å². The SMILES string of the molecule is CC(C)(C)OC(=O)NC(=O)C1(Cc2ccccc2C2=NOC(c3cc(Cl)cc(Cl)c3)(C(F)(F)F)C2Br)CC1. The first kappa shape index (κ1) is 28.7. The number of alkyl carbamates (subject to hydrolysis) is 1. The van der Waals surface area contributed by atoms with E-state index in [9.17, 15) is 22.8 Å². The summed E-state index contributed by atoms with van der Waals surface area (Å²) < 4.78 is 49.0. The third-order valence-corrected chi connectivity index (χ3v) is 7.88. The van der Waals surface area contributed by atoms with E-state index in [4.69, 9.17) is 32.8 Å². The van der Waals surface area contributed by atoms with Gasteiger partial charge in [-0.2, -0.15) is 13.2 Å². The Balaban J connectivity index is 1.64. The number of amides is 2. The molecule has 1 N–H and O–H groups in total. The molecule has 0 aromatic heterocycles. The predicted molar refractivity (Wildman–Crippen MR) is 141 cm³/mol. The fourth-order valence-electron chi connectivity index (χ4n) is 4.37. The molecule has 0 bridgehead atoms. The van der Waals surface area contributed by atoms with Crippen molar-refractivity contribution in [3.05, 3.63) is 69.2 Å². The Morgan fingerprint density at radius 3 is 2.29 bits per heavy atom. The highest BCUT2D eigenvalue weighted by atomic mass is 79.9. The Hall–Kier alpha value is -2.30. The molecule has 6 nitrogen and oxygen atoms in total. The molecule has 2 aromatic carbocycles. The summed E-state index contributed by atoms with van der Waals surface area (Å²) in [5, 5.41) is 6.19. The van der Waals surface area contributed by atoms with Gasteiger partial charge in [0.2, 0.25) is 5.91 Å². The molecular formula is C26H24BrCl2F3N2O4. The number of hydrogen-bond donors (Lipinski definition) is 1. The molecule has 0 saturated heterocycles. The van der Waals surface area contributed by atoms with E-state index >= 15 is 0 Å². The minimum atomic E-state index is -4.90. The average Bonchev–Trinajstić information content (AvgIpc) is 3.46. The van der Waals surface area contributed by atoms with E-state index in [1.807, 2.05) is 0 Å². The maximum atomic E-state index is 14.6. The smallest absolute Gasteiger partial charge is 0.436 e. The van der Waals surface area contributed by atoms with Gasteiger partial charge in [0.05, 0.1) is 5.41 Å². The van der Waals surface area contributed by atoms with Gasteiger partial charge in [0.25, 0.3) is 5.60 Å². The zero-order valence-corrected chi connectivity index (χ0v) is 23.7. The second kappa shape index (κ2) is 10.0. The summed E-state index contributed by atoms with van der Waals surface area (Å²) >= 11 is 15.2. The van der Waals surface area contributed by atoms with Gasteiger partial charge in [-0.05, 0) is 63.8 Å². The van der Waals surface area contributed by atoms with Crippen LogP contribution in [0.1, 0.15) is 50.3 Å². The Morgan fingerprint density at radius 2 is 1.74 bits per heavy atom. The topological polar surface area (TPSA) is 77.0 Å². The molecule has 204 valence electrons. The van der Waals surface area contributed by atoms with Gasteiger partial charge in [0.1, 0.15) is 16.1 Å². The second-order valence-corrected chi connectivity index (χ2v) is 12.2. The van der Waals surface area contributed by atoms with Crippen molar-refractivity contribution in [3.63, 3.8) is 0 Å². The molecule has 1 heterocycles. The number of alkyl halides is 4. The van der Waals surface area contributed by atoms with Crippen molar-refractivity contribution in [1.82, 2.24) is 5.32 Å². The lowest BCUT2D eigenvalue weighted by atomic mass is 9.84. The number of rotatable bonds is 5. The standard InChI is InChI=1S/C26H24BrCl2F3N2O4/c1-23(2,3)37-22(36)33-21(35)24(8-9-24)13-14-6-4-5-7-18(14)19-20(27)25(38-34-19,26(30,31)32)15-10-16(28)12-17(29)11-15/h4-7,10-12,20H,8-9,13H2,1-3H3,(H,33,35,36). The number of benzene rings is 2. The fraction of sp³-hybridized carbons (Fsp3) is 0.423. The van der Waals surface area contributed by atoms with Crippen molar-refractivity contribution in [2.24, 2.45) is 10.6 Å². The van der Waals surface area contributed by atoms with Crippen molar-refractivity contribution >= 4 is 56.8 Å². The molecule has 12 heteroatoms. The number of nitrogens with one attached hydrogen (secondary N) is 1. The number of nitrogens with zero attached hydrogens (tertiary/aromatic N) is 1. The highest BCUT2D eigenvalue weighted by Gasteiger charge is 2.67. The van der Waals surface area contributed by atoms with Gasteiger partial charge in [-0.3, -0.25) is 10.1 Å². The lowest BCUT2D eigenvalue weighted by Crippen LogP contribution is -2.50. The molecule has 2 aromatic rings. The molecule has 0 radical (unpaired) electrons. The van der Waals surface area contributed by atoms with E-state index in [2.05, 4.69) is 26.4 Å². The van der Waals surface area contributed by atoms with Crippen LogP contribution in [0.2, 0.25) is 10.0 Å². The maximum absolute atomic E-state index is 14.6. The van der Waals surface area contributed by atoms with Crippen molar-refractivity contribution in [3.8, 4) is 0 Å². The molecule has 2 unspecified atom stereocenters. The largest absolute Gasteiger partial charge is 0.444 e. The van der Waals surface area contributed by atoms with E-state index in [0.717, 1.165) is 12.1 Å². The number of halogens is 6. The van der Waals surface area contributed by atoms with Crippen LogP contribution < -0.4 is 5.32 Å². The van der Waals surface area contributed by atoms with Crippen LogP contribution in [-0.2, 0) is 26.4 Å². The molecule has 1 fully saturated rings. The van der Waals surface area contributed by atoms with E-state index in [1.54, 1.807) is 45.0 Å². The number of imide groups is 1. The third-order valence-electron chi connectivity index (χ3n) is 6.37. The van der Waals surface area contributed by atoms with Gasteiger partial charge >= 0.3 is 12.3 Å². The molecule has 2 atom stereocenters. The first-order valence-corrected chi connectivity index (χ1v) is 13.3. The summed E-state index contributed by atoms with van der Waals surface area (Å²) in [6.45, 7) is 5.04. The monoisotopic (exact) mass is 634 g/mol. The summed E-state index contributed by atoms with van der Waals surface area (Å²) in [6.07, 6.45) is -4.57. The van der Waals surface area contributed by atoms with E-state index in [0.29, 0.717) is 24.0 Å². The number of carbonyl (C=O) groups is 2. The highest BCUT2D eigenvalue weighted by molar-refractivity contribution is 9.10. The lowest BCUT2D eigenvalue weighted by molar-refractivity contribution is -0.273. The van der Waals surface area contributed by atoms with E-state index < -0.39 is 39.6 Å². The summed E-state index contributed by atoms with van der Waals surface area (Å²) in [5.74, 6) is -0.500. The van der Waals surface area contributed by atoms with E-state index in [-0.39, 0.29) is 27.7 Å². The highest BCUT2D eigenvalue weighted by Crippen LogP contribution is 2.53. The van der Waals surface area contributed by atoms with Crippen LogP contribution >= 0.6 is 39.1 Å². The van der Waals surface area contributed by atoms with Gasteiger partial charge in [-0.1, -0.05) is 68.6 Å². The molecule has 1 aliphatic heterocycles. The minimum Gasteiger partial charge on any atom is -0.444 e. The molecule has 38 heavy (non-hydrogen) atoms. The molecule has 2 aliphatic rings. The second-order valence-electron chi connectivity index (χ2n) is 10.4. The Kier molecular flexibility index (Phi) is 7.57. The summed E-state index contributed by atoms with van der Waals surface area (Å²) in [7, 11) is 0. The fourth-order valence-corrected chi connectivity index (χ4v) is 5.83. The van der Waals surface area contributed by atoms with Crippen LogP contribution in [-0.4, -0.2) is 34.3 Å². The predicted octanol–water partition coefficient (Wildman–Crippen LogP) is 7.32. The zero-order valence-electron chi connectivity index (χ0n) is 20.6. The van der Waals surface area contributed by atoms with Crippen molar-refractivity contribution in [2.75, 3.05) is 0 Å². The normalized spacial score (nSPS) is 22.3. The first-order chi connectivity index (χ1) is 17.6.